The number of rotatable bonds is 2. The van der Waals surface area contributed by atoms with Gasteiger partial charge in [0.15, 0.2) is 5.82 Å². The Kier molecular flexibility index (Phi) is 3.69. The first-order valence-corrected chi connectivity index (χ1v) is 7.18. The minimum Gasteiger partial charge on any atom is -0.334 e. The van der Waals surface area contributed by atoms with Gasteiger partial charge in [-0.25, -0.2) is 4.98 Å². The van der Waals surface area contributed by atoms with E-state index in [1.54, 1.807) is 12.3 Å². The molecule has 23 heavy (non-hydrogen) atoms. The Labute approximate surface area is 137 Å². The van der Waals surface area contributed by atoms with Crippen molar-refractivity contribution in [2.24, 2.45) is 5.73 Å². The molecular formula is C15H16ClN5O2. The maximum atomic E-state index is 12.6. The van der Waals surface area contributed by atoms with Crippen molar-refractivity contribution in [3.8, 4) is 11.5 Å². The van der Waals surface area contributed by atoms with Crippen LogP contribution in [0.15, 0.2) is 33.8 Å². The number of pyridine rings is 1. The molecule has 0 unspecified atom stereocenters. The first-order valence-electron chi connectivity index (χ1n) is 7.18. The summed E-state index contributed by atoms with van der Waals surface area (Å²) < 4.78 is 6.72. The lowest BCUT2D eigenvalue weighted by Gasteiger charge is -2.34. The summed E-state index contributed by atoms with van der Waals surface area (Å²) in [7, 11) is 0. The highest BCUT2D eigenvalue weighted by molar-refractivity contribution is 5.85. The molecule has 0 atom stereocenters. The fourth-order valence-electron chi connectivity index (χ4n) is 2.65. The van der Waals surface area contributed by atoms with E-state index in [0.717, 1.165) is 24.8 Å². The summed E-state index contributed by atoms with van der Waals surface area (Å²) in [4.78, 5) is 21.2. The predicted molar refractivity (Wildman–Crippen MR) is 86.5 cm³/mol. The quantitative estimate of drug-likeness (QED) is 0.767. The van der Waals surface area contributed by atoms with E-state index < -0.39 is 5.54 Å². The molecule has 1 aliphatic rings. The van der Waals surface area contributed by atoms with E-state index in [0.29, 0.717) is 11.5 Å². The molecule has 3 heterocycles. The van der Waals surface area contributed by atoms with Crippen molar-refractivity contribution in [3.05, 3.63) is 46.3 Å². The van der Waals surface area contributed by atoms with E-state index in [2.05, 4.69) is 15.1 Å². The van der Waals surface area contributed by atoms with Crippen molar-refractivity contribution in [2.75, 3.05) is 0 Å². The van der Waals surface area contributed by atoms with Gasteiger partial charge >= 0.3 is 0 Å². The maximum absolute atomic E-state index is 12.6. The summed E-state index contributed by atoms with van der Waals surface area (Å²) in [5.41, 5.74) is 7.26. The molecule has 0 saturated heterocycles. The van der Waals surface area contributed by atoms with Crippen molar-refractivity contribution in [1.29, 1.82) is 0 Å². The molecule has 0 radical (unpaired) electrons. The zero-order chi connectivity index (χ0) is 15.3. The summed E-state index contributed by atoms with van der Waals surface area (Å²) in [5, 5.41) is 3.94. The maximum Gasteiger partial charge on any atom is 0.270 e. The minimum atomic E-state index is -0.515. The molecule has 1 aliphatic carbocycles. The smallest absolute Gasteiger partial charge is 0.270 e. The summed E-state index contributed by atoms with van der Waals surface area (Å²) in [6.45, 7) is 1.91. The normalized spacial score (nSPS) is 15.9. The molecule has 4 rings (SSSR count). The summed E-state index contributed by atoms with van der Waals surface area (Å²) >= 11 is 0. The van der Waals surface area contributed by atoms with Crippen molar-refractivity contribution in [1.82, 2.24) is 19.5 Å². The van der Waals surface area contributed by atoms with Gasteiger partial charge in [0.05, 0.1) is 5.54 Å². The zero-order valence-electron chi connectivity index (χ0n) is 12.5. The number of hydrogen-bond acceptors (Lipinski definition) is 6. The van der Waals surface area contributed by atoms with Gasteiger partial charge in [-0.1, -0.05) is 11.2 Å². The zero-order valence-corrected chi connectivity index (χ0v) is 13.3. The molecule has 0 bridgehead atoms. The molecular weight excluding hydrogens is 318 g/mol. The monoisotopic (exact) mass is 333 g/mol. The third kappa shape index (κ3) is 2.42. The second-order valence-electron chi connectivity index (χ2n) is 5.84. The topological polar surface area (TPSA) is 99.3 Å². The number of fused-ring (bicyclic) bond motifs is 1. The summed E-state index contributed by atoms with van der Waals surface area (Å²) in [5.74, 6) is 0.627. The van der Waals surface area contributed by atoms with Crippen LogP contribution in [-0.4, -0.2) is 19.5 Å². The Hall–Kier alpha value is -2.25. The van der Waals surface area contributed by atoms with Gasteiger partial charge in [0.2, 0.25) is 0 Å². The average molecular weight is 334 g/mol. The molecule has 8 heteroatoms. The van der Waals surface area contributed by atoms with Crippen LogP contribution in [0.4, 0.5) is 0 Å². The molecule has 0 amide bonds. The van der Waals surface area contributed by atoms with E-state index in [1.165, 1.54) is 10.6 Å². The van der Waals surface area contributed by atoms with Crippen molar-refractivity contribution < 1.29 is 4.52 Å². The molecule has 3 aromatic heterocycles. The fourth-order valence-corrected chi connectivity index (χ4v) is 2.65. The number of aryl methyl sites for hydroxylation is 1. The van der Waals surface area contributed by atoms with Crippen molar-refractivity contribution in [2.45, 2.75) is 31.7 Å². The summed E-state index contributed by atoms with van der Waals surface area (Å²) in [6.07, 6.45) is 5.93. The third-order valence-electron chi connectivity index (χ3n) is 4.20. The van der Waals surface area contributed by atoms with Crippen LogP contribution in [0.5, 0.6) is 0 Å². The average Bonchev–Trinajstić information content (AvgIpc) is 2.96. The van der Waals surface area contributed by atoms with Crippen molar-refractivity contribution >= 4 is 18.1 Å². The Bertz CT molecular complexity index is 929. The van der Waals surface area contributed by atoms with Crippen LogP contribution in [0.2, 0.25) is 0 Å². The number of nitrogens with two attached hydrogens (primary N) is 1. The van der Waals surface area contributed by atoms with Gasteiger partial charge in [-0.05, 0) is 37.8 Å². The van der Waals surface area contributed by atoms with Gasteiger partial charge in [-0.3, -0.25) is 9.20 Å². The first kappa shape index (κ1) is 15.6. The largest absolute Gasteiger partial charge is 0.334 e. The number of aromatic nitrogens is 4. The number of nitrogens with zero attached hydrogens (tertiary/aromatic N) is 4. The molecule has 3 aromatic rings. The molecule has 2 N–H and O–H groups in total. The van der Waals surface area contributed by atoms with Crippen LogP contribution in [0.25, 0.3) is 17.1 Å². The molecule has 120 valence electrons. The third-order valence-corrected chi connectivity index (χ3v) is 4.20. The Balaban J connectivity index is 0.00000156. The summed E-state index contributed by atoms with van der Waals surface area (Å²) in [6, 6.07) is 3.70. The Morgan fingerprint density at radius 2 is 2.13 bits per heavy atom. The highest BCUT2D eigenvalue weighted by Crippen LogP contribution is 2.37. The standard InChI is InChI=1S/C15H15N5O2.ClH/c1-9-3-4-11-17-7-10(13(21)20(11)8-9)12-18-14(19-22-12)15(16)5-2-6-15;/h3-4,7-8H,2,5-6,16H2,1H3;1H. The second kappa shape index (κ2) is 5.43. The number of hydrogen-bond donors (Lipinski definition) is 1. The van der Waals surface area contributed by atoms with E-state index in [1.807, 2.05) is 13.0 Å². The highest BCUT2D eigenvalue weighted by atomic mass is 35.5. The van der Waals surface area contributed by atoms with Crippen molar-refractivity contribution in [3.63, 3.8) is 0 Å². The predicted octanol–water partition coefficient (Wildman–Crippen LogP) is 1.81. The lowest BCUT2D eigenvalue weighted by Crippen LogP contribution is -2.44. The van der Waals surface area contributed by atoms with E-state index in [4.69, 9.17) is 10.3 Å². The van der Waals surface area contributed by atoms with Gasteiger partial charge in [-0.15, -0.1) is 12.4 Å². The lowest BCUT2D eigenvalue weighted by atomic mass is 9.77. The molecule has 0 aromatic carbocycles. The molecule has 0 spiro atoms. The Morgan fingerprint density at radius 1 is 1.35 bits per heavy atom. The van der Waals surface area contributed by atoms with E-state index >= 15 is 0 Å². The van der Waals surface area contributed by atoms with Gasteiger partial charge in [0.1, 0.15) is 11.2 Å². The highest BCUT2D eigenvalue weighted by Gasteiger charge is 2.39. The number of halogens is 1. The van der Waals surface area contributed by atoms with Gasteiger partial charge in [0.25, 0.3) is 11.4 Å². The van der Waals surface area contributed by atoms with Gasteiger partial charge < -0.3 is 10.3 Å². The fraction of sp³-hybridized carbons (Fsp3) is 0.333. The van der Waals surface area contributed by atoms with Crippen LogP contribution in [0, 0.1) is 6.92 Å². The van der Waals surface area contributed by atoms with Crippen LogP contribution < -0.4 is 11.3 Å². The molecule has 7 nitrogen and oxygen atoms in total. The van der Waals surface area contributed by atoms with Crippen LogP contribution in [0.1, 0.15) is 30.7 Å². The lowest BCUT2D eigenvalue weighted by molar-refractivity contribution is 0.229. The van der Waals surface area contributed by atoms with Crippen LogP contribution in [0.3, 0.4) is 0 Å². The Morgan fingerprint density at radius 3 is 2.83 bits per heavy atom. The molecule has 1 saturated carbocycles. The minimum absolute atomic E-state index is 0. The second-order valence-corrected chi connectivity index (χ2v) is 5.84. The first-order chi connectivity index (χ1) is 10.6. The van der Waals surface area contributed by atoms with E-state index in [9.17, 15) is 4.79 Å². The van der Waals surface area contributed by atoms with Crippen LogP contribution in [-0.2, 0) is 5.54 Å². The molecule has 1 fully saturated rings. The molecule has 0 aliphatic heterocycles. The SMILES string of the molecule is Cc1ccc2ncc(-c3nc(C4(N)CCC4)no3)c(=O)n2c1.Cl. The van der Waals surface area contributed by atoms with Crippen LogP contribution >= 0.6 is 12.4 Å². The van der Waals surface area contributed by atoms with Gasteiger partial charge in [-0.2, -0.15) is 4.98 Å². The van der Waals surface area contributed by atoms with E-state index in [-0.39, 0.29) is 29.4 Å². The van der Waals surface area contributed by atoms with Gasteiger partial charge in [0, 0.05) is 12.4 Å².